The van der Waals surface area contributed by atoms with Crippen molar-refractivity contribution < 1.29 is 14.5 Å². The van der Waals surface area contributed by atoms with Gasteiger partial charge in [-0.05, 0) is 25.8 Å². The zero-order valence-corrected chi connectivity index (χ0v) is 10.9. The molecule has 0 aliphatic rings. The number of benzene rings is 1. The molecule has 0 unspecified atom stereocenters. The van der Waals surface area contributed by atoms with E-state index in [9.17, 15) is 19.7 Å². The minimum Gasteiger partial charge on any atom is -0.299 e. The summed E-state index contributed by atoms with van der Waals surface area (Å²) in [5.74, 6) is -0.595. The van der Waals surface area contributed by atoms with Gasteiger partial charge in [0.05, 0.1) is 4.92 Å². The summed E-state index contributed by atoms with van der Waals surface area (Å²) in [7, 11) is 0. The van der Waals surface area contributed by atoms with Crippen LogP contribution in [0.2, 0.25) is 0 Å². The molecule has 19 heavy (non-hydrogen) atoms. The highest BCUT2D eigenvalue weighted by Gasteiger charge is 2.41. The van der Waals surface area contributed by atoms with Gasteiger partial charge in [0.2, 0.25) is 0 Å². The Hall–Kier alpha value is -2.30. The standard InChI is InChI=1S/C14H15NO4/c1-4-9-14(10(2)16,11(3)17)12-5-7-13(8-6-12)15(18)19/h4-8H,1,9H2,2-3H3. The van der Waals surface area contributed by atoms with Crippen molar-refractivity contribution in [2.75, 3.05) is 0 Å². The minimum absolute atomic E-state index is 0.0802. The Morgan fingerprint density at radius 3 is 2.05 bits per heavy atom. The molecule has 0 atom stereocenters. The molecule has 100 valence electrons. The maximum Gasteiger partial charge on any atom is 0.269 e. The predicted molar refractivity (Wildman–Crippen MR) is 71.0 cm³/mol. The topological polar surface area (TPSA) is 77.3 Å². The highest BCUT2D eigenvalue weighted by molar-refractivity contribution is 6.11. The monoisotopic (exact) mass is 261 g/mol. The summed E-state index contributed by atoms with van der Waals surface area (Å²) in [4.78, 5) is 33.9. The summed E-state index contributed by atoms with van der Waals surface area (Å²) < 4.78 is 0. The van der Waals surface area contributed by atoms with Gasteiger partial charge in [0.25, 0.3) is 5.69 Å². The first kappa shape index (κ1) is 14.8. The van der Waals surface area contributed by atoms with Crippen LogP contribution in [0, 0.1) is 10.1 Å². The molecule has 0 amide bonds. The number of nitrogens with zero attached hydrogens (tertiary/aromatic N) is 1. The van der Waals surface area contributed by atoms with Crippen LogP contribution in [-0.2, 0) is 15.0 Å². The third-order valence-electron chi connectivity index (χ3n) is 3.22. The van der Waals surface area contributed by atoms with Crippen LogP contribution in [0.5, 0.6) is 0 Å². The molecule has 0 aliphatic carbocycles. The van der Waals surface area contributed by atoms with Gasteiger partial charge in [-0.2, -0.15) is 0 Å². The largest absolute Gasteiger partial charge is 0.299 e. The smallest absolute Gasteiger partial charge is 0.269 e. The number of nitro benzene ring substituents is 1. The molecule has 1 aromatic carbocycles. The molecule has 0 spiro atoms. The maximum atomic E-state index is 11.9. The van der Waals surface area contributed by atoms with Gasteiger partial charge in [0.15, 0.2) is 0 Å². The normalized spacial score (nSPS) is 10.8. The molecule has 1 rings (SSSR count). The van der Waals surface area contributed by atoms with Crippen molar-refractivity contribution in [3.05, 3.63) is 52.6 Å². The Bertz CT molecular complexity index is 517. The fourth-order valence-electron chi connectivity index (χ4n) is 2.14. The van der Waals surface area contributed by atoms with Crippen molar-refractivity contribution in [1.82, 2.24) is 0 Å². The van der Waals surface area contributed by atoms with Gasteiger partial charge in [-0.25, -0.2) is 0 Å². The van der Waals surface area contributed by atoms with Crippen LogP contribution in [0.25, 0.3) is 0 Å². The lowest BCUT2D eigenvalue weighted by atomic mass is 9.71. The van der Waals surface area contributed by atoms with E-state index >= 15 is 0 Å². The molecule has 1 aromatic rings. The number of allylic oxidation sites excluding steroid dienone is 1. The van der Waals surface area contributed by atoms with E-state index in [1.807, 2.05) is 0 Å². The number of ketones is 2. The second-order valence-electron chi connectivity index (χ2n) is 4.31. The molecule has 0 heterocycles. The highest BCUT2D eigenvalue weighted by atomic mass is 16.6. The Kier molecular flexibility index (Phi) is 4.32. The molecule has 0 saturated carbocycles. The average Bonchev–Trinajstić information content (AvgIpc) is 2.35. The van der Waals surface area contributed by atoms with Gasteiger partial charge in [-0.3, -0.25) is 19.7 Å². The molecule has 0 N–H and O–H groups in total. The molecule has 0 aliphatic heterocycles. The quantitative estimate of drug-likeness (QED) is 0.341. The number of Topliss-reactive ketones (excluding diaryl/α,β-unsaturated/α-hetero) is 2. The van der Waals surface area contributed by atoms with Gasteiger partial charge >= 0.3 is 0 Å². The third-order valence-corrected chi connectivity index (χ3v) is 3.22. The molecule has 5 nitrogen and oxygen atoms in total. The van der Waals surface area contributed by atoms with Gasteiger partial charge in [-0.1, -0.05) is 18.2 Å². The van der Waals surface area contributed by atoms with Crippen molar-refractivity contribution in [2.45, 2.75) is 25.7 Å². The second kappa shape index (κ2) is 5.56. The highest BCUT2D eigenvalue weighted by Crippen LogP contribution is 2.32. The molecule has 0 saturated heterocycles. The summed E-state index contributed by atoms with van der Waals surface area (Å²) in [6.07, 6.45) is 1.68. The molecule has 5 heteroatoms. The van der Waals surface area contributed by atoms with Crippen LogP contribution in [0.1, 0.15) is 25.8 Å². The van der Waals surface area contributed by atoms with Crippen LogP contribution >= 0.6 is 0 Å². The fraction of sp³-hybridized carbons (Fsp3) is 0.286. The van der Waals surface area contributed by atoms with Gasteiger partial charge < -0.3 is 0 Å². The molecule has 0 bridgehead atoms. The second-order valence-corrected chi connectivity index (χ2v) is 4.31. The zero-order valence-electron chi connectivity index (χ0n) is 10.9. The van der Waals surface area contributed by atoms with Crippen molar-refractivity contribution >= 4 is 17.3 Å². The lowest BCUT2D eigenvalue weighted by molar-refractivity contribution is -0.384. The first-order valence-electron chi connectivity index (χ1n) is 5.74. The number of rotatable bonds is 6. The van der Waals surface area contributed by atoms with Crippen LogP contribution in [0.4, 0.5) is 5.69 Å². The van der Waals surface area contributed by atoms with Crippen LogP contribution in [-0.4, -0.2) is 16.5 Å². The Morgan fingerprint density at radius 2 is 1.74 bits per heavy atom. The molecule has 0 aromatic heterocycles. The van der Waals surface area contributed by atoms with Crippen LogP contribution in [0.15, 0.2) is 36.9 Å². The van der Waals surface area contributed by atoms with Gasteiger partial charge in [-0.15, -0.1) is 6.58 Å². The van der Waals surface area contributed by atoms with E-state index in [0.29, 0.717) is 5.56 Å². The lowest BCUT2D eigenvalue weighted by Crippen LogP contribution is -2.40. The van der Waals surface area contributed by atoms with E-state index in [-0.39, 0.29) is 23.7 Å². The minimum atomic E-state index is -1.29. The van der Waals surface area contributed by atoms with E-state index < -0.39 is 10.3 Å². The SMILES string of the molecule is C=CCC(C(C)=O)(C(C)=O)c1ccc([N+](=O)[O-])cc1. The summed E-state index contributed by atoms with van der Waals surface area (Å²) in [5.41, 5.74) is -0.919. The van der Waals surface area contributed by atoms with Crippen molar-refractivity contribution in [1.29, 1.82) is 0 Å². The van der Waals surface area contributed by atoms with Crippen molar-refractivity contribution in [3.63, 3.8) is 0 Å². The summed E-state index contributed by atoms with van der Waals surface area (Å²) in [6.45, 7) is 6.25. The van der Waals surface area contributed by atoms with Gasteiger partial charge in [0.1, 0.15) is 17.0 Å². The first-order chi connectivity index (χ1) is 8.86. The van der Waals surface area contributed by atoms with E-state index in [1.54, 1.807) is 0 Å². The fourth-order valence-corrected chi connectivity index (χ4v) is 2.14. The lowest BCUT2D eigenvalue weighted by Gasteiger charge is -2.27. The maximum absolute atomic E-state index is 11.9. The number of non-ortho nitro benzene ring substituents is 1. The van der Waals surface area contributed by atoms with E-state index in [0.717, 1.165) is 0 Å². The molecular weight excluding hydrogens is 246 g/mol. The Morgan fingerprint density at radius 1 is 1.26 bits per heavy atom. The first-order valence-corrected chi connectivity index (χ1v) is 5.74. The third kappa shape index (κ3) is 2.59. The Labute approximate surface area is 111 Å². The zero-order chi connectivity index (χ0) is 14.6. The number of carbonyl (C=O) groups excluding carboxylic acids is 2. The van der Waals surface area contributed by atoms with Gasteiger partial charge in [0, 0.05) is 12.1 Å². The number of hydrogen-bond acceptors (Lipinski definition) is 4. The Balaban J connectivity index is 3.40. The summed E-state index contributed by atoms with van der Waals surface area (Å²) in [6, 6.07) is 5.48. The van der Waals surface area contributed by atoms with Crippen molar-refractivity contribution in [3.8, 4) is 0 Å². The van der Waals surface area contributed by atoms with E-state index in [4.69, 9.17) is 0 Å². The predicted octanol–water partition coefficient (Wildman–Crippen LogP) is 2.59. The molecule has 0 radical (unpaired) electrons. The summed E-state index contributed by atoms with van der Waals surface area (Å²) >= 11 is 0. The van der Waals surface area contributed by atoms with E-state index in [1.165, 1.54) is 44.2 Å². The molecule has 0 fully saturated rings. The van der Waals surface area contributed by atoms with Crippen molar-refractivity contribution in [2.24, 2.45) is 0 Å². The van der Waals surface area contributed by atoms with Crippen LogP contribution < -0.4 is 0 Å². The average molecular weight is 261 g/mol. The van der Waals surface area contributed by atoms with Crippen LogP contribution in [0.3, 0.4) is 0 Å². The number of nitro groups is 1. The molecular formula is C14H15NO4. The number of hydrogen-bond donors (Lipinski definition) is 0. The summed E-state index contributed by atoms with van der Waals surface area (Å²) in [5, 5.41) is 10.6. The van der Waals surface area contributed by atoms with E-state index in [2.05, 4.69) is 6.58 Å². The number of carbonyl (C=O) groups is 2.